The van der Waals surface area contributed by atoms with Crippen LogP contribution in [0.5, 0.6) is 0 Å². The van der Waals surface area contributed by atoms with Crippen LogP contribution in [0.25, 0.3) is 28.2 Å². The number of hydrogen-bond acceptors (Lipinski definition) is 9. The number of aromatic nitrogens is 7. The van der Waals surface area contributed by atoms with Gasteiger partial charge in [0.25, 0.3) is 0 Å². The average molecular weight is 738 g/mol. The zero-order valence-electron chi connectivity index (χ0n) is 29.6. The Hall–Kier alpha value is -5.80. The number of benzene rings is 3. The minimum Gasteiger partial charge on any atom is -0.391 e. The van der Waals surface area contributed by atoms with E-state index in [-0.39, 0.29) is 28.7 Å². The topological polar surface area (TPSA) is 130 Å². The summed E-state index contributed by atoms with van der Waals surface area (Å²) in [5.41, 5.74) is 0.444. The maximum atomic E-state index is 16.2. The number of pyridine rings is 1. The summed E-state index contributed by atoms with van der Waals surface area (Å²) in [4.78, 5) is 25.7. The molecular formula is C39H38F3N9O3. The van der Waals surface area contributed by atoms with Crippen molar-refractivity contribution in [2.45, 2.75) is 50.5 Å². The Morgan fingerprint density at radius 2 is 1.48 bits per heavy atom. The standard InChI is InChI=1S/C39H38F3N9O3/c1-3-34(25(2)52)51-37(53)49(24-46-51)31-12-10-30(11-13-31)48-18-16-47(17-19-48)29-8-4-26(5-9-29)27-6-15-35(43-21-27)39(41,42)38(54)22-50-36(44-23-45-50)32-20-28(40)7-14-33(32)38/h4-15,20-21,23-25,34,52,54H,3,16-19,22H2,1-2H3/t25-,34-,38?/m0/s1. The van der Waals surface area contributed by atoms with Gasteiger partial charge in [0.2, 0.25) is 0 Å². The third-order valence-corrected chi connectivity index (χ3v) is 10.6. The average Bonchev–Trinajstić information content (AvgIpc) is 3.81. The highest BCUT2D eigenvalue weighted by molar-refractivity contribution is 5.67. The minimum atomic E-state index is -3.85. The molecule has 12 nitrogen and oxygen atoms in total. The van der Waals surface area contributed by atoms with Gasteiger partial charge in [-0.15, -0.1) is 0 Å². The number of rotatable bonds is 9. The molecule has 0 spiro atoms. The molecule has 3 aromatic carbocycles. The van der Waals surface area contributed by atoms with Gasteiger partial charge in [-0.05, 0) is 73.5 Å². The number of halogens is 3. The molecule has 2 aliphatic heterocycles. The van der Waals surface area contributed by atoms with Crippen molar-refractivity contribution in [3.8, 4) is 28.2 Å². The van der Waals surface area contributed by atoms with E-state index < -0.39 is 35.7 Å². The van der Waals surface area contributed by atoms with Crippen molar-refractivity contribution in [3.05, 3.63) is 125 Å². The lowest BCUT2D eigenvalue weighted by Gasteiger charge is -2.39. The molecule has 278 valence electrons. The largest absolute Gasteiger partial charge is 0.391 e. The highest BCUT2D eigenvalue weighted by Crippen LogP contribution is 2.51. The van der Waals surface area contributed by atoms with Crippen LogP contribution in [-0.2, 0) is 18.1 Å². The highest BCUT2D eigenvalue weighted by Gasteiger charge is 2.59. The number of nitrogens with zero attached hydrogens (tertiary/aromatic N) is 9. The predicted octanol–water partition coefficient (Wildman–Crippen LogP) is 5.15. The van der Waals surface area contributed by atoms with E-state index in [1.54, 1.807) is 13.0 Å². The number of hydrogen-bond donors (Lipinski definition) is 2. The number of alkyl halides is 2. The monoisotopic (exact) mass is 737 g/mol. The molecule has 5 heterocycles. The van der Waals surface area contributed by atoms with E-state index in [0.29, 0.717) is 17.7 Å². The fraction of sp³-hybridized carbons (Fsp3) is 0.308. The van der Waals surface area contributed by atoms with Gasteiger partial charge in [-0.1, -0.05) is 31.2 Å². The van der Waals surface area contributed by atoms with Crippen LogP contribution >= 0.6 is 0 Å². The van der Waals surface area contributed by atoms with E-state index in [4.69, 9.17) is 0 Å². The zero-order chi connectivity index (χ0) is 37.8. The molecule has 3 aromatic heterocycles. The molecule has 8 rings (SSSR count). The third kappa shape index (κ3) is 5.93. The summed E-state index contributed by atoms with van der Waals surface area (Å²) in [6.45, 7) is 6.12. The van der Waals surface area contributed by atoms with Crippen LogP contribution in [0.4, 0.5) is 24.5 Å². The van der Waals surface area contributed by atoms with Crippen molar-refractivity contribution in [1.29, 1.82) is 0 Å². The van der Waals surface area contributed by atoms with Crippen molar-refractivity contribution in [1.82, 2.24) is 34.1 Å². The molecule has 1 saturated heterocycles. The van der Waals surface area contributed by atoms with Gasteiger partial charge in [-0.2, -0.15) is 19.0 Å². The molecule has 0 aliphatic carbocycles. The van der Waals surface area contributed by atoms with E-state index in [0.717, 1.165) is 66.0 Å². The summed E-state index contributed by atoms with van der Waals surface area (Å²) in [5.74, 6) is -4.29. The molecule has 15 heteroatoms. The first-order valence-electron chi connectivity index (χ1n) is 17.8. The van der Waals surface area contributed by atoms with Gasteiger partial charge in [-0.3, -0.25) is 4.98 Å². The Morgan fingerprint density at radius 3 is 2.09 bits per heavy atom. The van der Waals surface area contributed by atoms with Gasteiger partial charge in [-0.25, -0.2) is 28.1 Å². The molecular weight excluding hydrogens is 699 g/mol. The second kappa shape index (κ2) is 13.6. The first-order valence-corrected chi connectivity index (χ1v) is 17.8. The van der Waals surface area contributed by atoms with Crippen LogP contribution < -0.4 is 15.5 Å². The summed E-state index contributed by atoms with van der Waals surface area (Å²) in [7, 11) is 0. The van der Waals surface area contributed by atoms with E-state index in [1.807, 2.05) is 55.5 Å². The van der Waals surface area contributed by atoms with E-state index in [9.17, 15) is 19.4 Å². The fourth-order valence-corrected chi connectivity index (χ4v) is 7.53. The smallest absolute Gasteiger partial charge is 0.350 e. The van der Waals surface area contributed by atoms with Crippen molar-refractivity contribution in [3.63, 3.8) is 0 Å². The molecule has 2 N–H and O–H groups in total. The number of aliphatic hydroxyl groups is 2. The Kier molecular flexibility index (Phi) is 8.85. The molecule has 54 heavy (non-hydrogen) atoms. The van der Waals surface area contributed by atoms with Crippen LogP contribution in [0.2, 0.25) is 0 Å². The maximum absolute atomic E-state index is 16.2. The first-order chi connectivity index (χ1) is 26.0. The number of aliphatic hydroxyl groups excluding tert-OH is 1. The van der Waals surface area contributed by atoms with Crippen LogP contribution in [-0.4, -0.2) is 76.6 Å². The van der Waals surface area contributed by atoms with Gasteiger partial charge in [0.1, 0.15) is 24.2 Å². The molecule has 3 atom stereocenters. The molecule has 1 unspecified atom stereocenters. The molecule has 2 aliphatic rings. The predicted molar refractivity (Wildman–Crippen MR) is 196 cm³/mol. The van der Waals surface area contributed by atoms with Crippen LogP contribution in [0, 0.1) is 5.82 Å². The maximum Gasteiger partial charge on any atom is 0.350 e. The Balaban J connectivity index is 0.916. The van der Waals surface area contributed by atoms with Crippen molar-refractivity contribution in [2.75, 3.05) is 36.0 Å². The zero-order valence-corrected chi connectivity index (χ0v) is 29.6. The number of anilines is 2. The second-order valence-electron chi connectivity index (χ2n) is 13.8. The van der Waals surface area contributed by atoms with Crippen molar-refractivity contribution in [2.24, 2.45) is 0 Å². The van der Waals surface area contributed by atoms with E-state index in [2.05, 4.69) is 30.0 Å². The normalized spacial score (nSPS) is 18.3. The molecule has 6 aromatic rings. The van der Waals surface area contributed by atoms with Crippen molar-refractivity contribution < 1.29 is 23.4 Å². The SMILES string of the molecule is CC[C@@H]([C@H](C)O)n1ncn(-c2ccc(N3CCN(c4ccc(-c5ccc(C(F)(F)C6(O)Cn7ncnc7-c7cc(F)ccc76)nc5)cc4)CC3)cc2)c1=O. The molecule has 1 fully saturated rings. The van der Waals surface area contributed by atoms with Crippen LogP contribution in [0.3, 0.4) is 0 Å². The Bertz CT molecular complexity index is 2330. The molecule has 0 saturated carbocycles. The summed E-state index contributed by atoms with van der Waals surface area (Å²) in [6, 6.07) is 21.3. The summed E-state index contributed by atoms with van der Waals surface area (Å²) in [5, 5.41) is 29.8. The Labute approximate surface area is 308 Å². The van der Waals surface area contributed by atoms with Gasteiger partial charge in [0.05, 0.1) is 24.4 Å². The number of fused-ring (bicyclic) bond motifs is 3. The van der Waals surface area contributed by atoms with Gasteiger partial charge in [0.15, 0.2) is 11.4 Å². The molecule has 0 bridgehead atoms. The lowest BCUT2D eigenvalue weighted by atomic mass is 9.80. The number of piperazine rings is 1. The summed E-state index contributed by atoms with van der Waals surface area (Å²) >= 11 is 0. The van der Waals surface area contributed by atoms with Gasteiger partial charge >= 0.3 is 11.6 Å². The van der Waals surface area contributed by atoms with Crippen LogP contribution in [0.15, 0.2) is 103 Å². The quantitative estimate of drug-likeness (QED) is 0.207. The van der Waals surface area contributed by atoms with Gasteiger partial charge < -0.3 is 20.0 Å². The molecule has 0 radical (unpaired) electrons. The summed E-state index contributed by atoms with van der Waals surface area (Å²) in [6.07, 6.45) is 3.92. The molecule has 0 amide bonds. The lowest BCUT2D eigenvalue weighted by molar-refractivity contribution is -0.207. The van der Waals surface area contributed by atoms with E-state index >= 15 is 8.78 Å². The minimum absolute atomic E-state index is 0.0488. The first kappa shape index (κ1) is 35.2. The van der Waals surface area contributed by atoms with E-state index in [1.165, 1.54) is 34.2 Å². The highest BCUT2D eigenvalue weighted by atomic mass is 19.3. The second-order valence-corrected chi connectivity index (χ2v) is 13.8. The van der Waals surface area contributed by atoms with Crippen molar-refractivity contribution >= 4 is 11.4 Å². The fourth-order valence-electron chi connectivity index (χ4n) is 7.53. The Morgan fingerprint density at radius 1 is 0.852 bits per heavy atom. The summed E-state index contributed by atoms with van der Waals surface area (Å²) < 4.78 is 50.5. The third-order valence-electron chi connectivity index (χ3n) is 10.6. The lowest BCUT2D eigenvalue weighted by Crippen LogP contribution is -2.49. The van der Waals surface area contributed by atoms with Crippen LogP contribution in [0.1, 0.15) is 37.6 Å². The van der Waals surface area contributed by atoms with Gasteiger partial charge in [0, 0.05) is 60.4 Å².